The van der Waals surface area contributed by atoms with Crippen molar-refractivity contribution in [2.75, 3.05) is 13.1 Å². The van der Waals surface area contributed by atoms with E-state index in [2.05, 4.69) is 9.97 Å². The first-order chi connectivity index (χ1) is 10.1. The molecule has 0 bridgehead atoms. The molecule has 1 fully saturated rings. The zero-order valence-electron chi connectivity index (χ0n) is 11.9. The molecule has 0 N–H and O–H groups in total. The standard InChI is InChI=1S/C15H15N3O2S/c1-9-3-4-13(21-9)14(19)18-7-15(8-18)11-5-16-10(2)17-12(11)6-20-15/h3-5H,6-8H2,1-2H3. The van der Waals surface area contributed by atoms with Crippen LogP contribution >= 0.6 is 11.3 Å². The van der Waals surface area contributed by atoms with Gasteiger partial charge in [-0.05, 0) is 26.0 Å². The Morgan fingerprint density at radius 2 is 2.19 bits per heavy atom. The summed E-state index contributed by atoms with van der Waals surface area (Å²) in [5.41, 5.74) is 1.62. The Hall–Kier alpha value is -1.79. The number of likely N-dealkylation sites (tertiary alicyclic amines) is 1. The van der Waals surface area contributed by atoms with Crippen molar-refractivity contribution < 1.29 is 9.53 Å². The van der Waals surface area contributed by atoms with Gasteiger partial charge < -0.3 is 9.64 Å². The third-order valence-corrected chi connectivity index (χ3v) is 5.08. The topological polar surface area (TPSA) is 55.3 Å². The minimum atomic E-state index is -0.384. The van der Waals surface area contributed by atoms with Crippen LogP contribution in [-0.4, -0.2) is 33.9 Å². The highest BCUT2D eigenvalue weighted by Gasteiger charge is 2.52. The van der Waals surface area contributed by atoms with Crippen LogP contribution in [0.1, 0.15) is 31.6 Å². The van der Waals surface area contributed by atoms with E-state index >= 15 is 0 Å². The number of hydrogen-bond donors (Lipinski definition) is 0. The summed E-state index contributed by atoms with van der Waals surface area (Å²) >= 11 is 1.54. The molecule has 1 spiro atoms. The summed E-state index contributed by atoms with van der Waals surface area (Å²) in [5, 5.41) is 0. The summed E-state index contributed by atoms with van der Waals surface area (Å²) in [7, 11) is 0. The van der Waals surface area contributed by atoms with Gasteiger partial charge in [-0.1, -0.05) is 0 Å². The number of ether oxygens (including phenoxy) is 1. The minimum Gasteiger partial charge on any atom is -0.360 e. The summed E-state index contributed by atoms with van der Waals surface area (Å²) in [6.45, 7) is 5.57. The SMILES string of the molecule is Cc1ncc2c(n1)COC21CN(C(=O)c2ccc(C)s2)C1. The normalized spacial score (nSPS) is 18.7. The van der Waals surface area contributed by atoms with Gasteiger partial charge in [0.25, 0.3) is 5.91 Å². The summed E-state index contributed by atoms with van der Waals surface area (Å²) in [6.07, 6.45) is 1.85. The molecule has 4 rings (SSSR count). The molecular weight excluding hydrogens is 286 g/mol. The number of amides is 1. The third kappa shape index (κ3) is 1.90. The van der Waals surface area contributed by atoms with Gasteiger partial charge in [-0.15, -0.1) is 11.3 Å². The molecule has 2 aliphatic heterocycles. The fraction of sp³-hybridized carbons (Fsp3) is 0.400. The van der Waals surface area contributed by atoms with Crippen LogP contribution < -0.4 is 0 Å². The molecule has 0 unspecified atom stereocenters. The quantitative estimate of drug-likeness (QED) is 0.809. The van der Waals surface area contributed by atoms with Gasteiger partial charge in [-0.25, -0.2) is 9.97 Å². The van der Waals surface area contributed by atoms with Gasteiger partial charge in [0.15, 0.2) is 0 Å². The number of aromatic nitrogens is 2. The van der Waals surface area contributed by atoms with E-state index < -0.39 is 0 Å². The number of rotatable bonds is 1. The number of hydrogen-bond acceptors (Lipinski definition) is 5. The predicted octanol–water partition coefficient (Wildman–Crippen LogP) is 2.04. The van der Waals surface area contributed by atoms with Gasteiger partial charge in [0.2, 0.25) is 0 Å². The van der Waals surface area contributed by atoms with E-state index in [1.54, 1.807) is 0 Å². The zero-order chi connectivity index (χ0) is 14.6. The van der Waals surface area contributed by atoms with E-state index in [0.29, 0.717) is 19.7 Å². The van der Waals surface area contributed by atoms with E-state index in [-0.39, 0.29) is 11.5 Å². The number of thiophene rings is 1. The molecule has 0 atom stereocenters. The summed E-state index contributed by atoms with van der Waals surface area (Å²) in [5.74, 6) is 0.847. The van der Waals surface area contributed by atoms with Crippen LogP contribution in [0.25, 0.3) is 0 Å². The summed E-state index contributed by atoms with van der Waals surface area (Å²) < 4.78 is 5.93. The van der Waals surface area contributed by atoms with Crippen LogP contribution in [0.3, 0.4) is 0 Å². The molecule has 0 aromatic carbocycles. The molecule has 0 saturated carbocycles. The average molecular weight is 301 g/mol. The van der Waals surface area contributed by atoms with Crippen LogP contribution in [0.4, 0.5) is 0 Å². The van der Waals surface area contributed by atoms with Crippen molar-refractivity contribution in [3.05, 3.63) is 45.2 Å². The average Bonchev–Trinajstić information content (AvgIpc) is 2.99. The first-order valence-electron chi connectivity index (χ1n) is 6.90. The molecule has 108 valence electrons. The lowest BCUT2D eigenvalue weighted by atomic mass is 9.87. The third-order valence-electron chi connectivity index (χ3n) is 4.10. The molecule has 5 nitrogen and oxygen atoms in total. The first kappa shape index (κ1) is 12.9. The highest BCUT2D eigenvalue weighted by atomic mass is 32.1. The molecule has 6 heteroatoms. The first-order valence-corrected chi connectivity index (χ1v) is 7.72. The lowest BCUT2D eigenvalue weighted by Gasteiger charge is -2.47. The molecule has 1 amide bonds. The van der Waals surface area contributed by atoms with Gasteiger partial charge in [-0.2, -0.15) is 0 Å². The van der Waals surface area contributed by atoms with Crippen molar-refractivity contribution in [3.8, 4) is 0 Å². The number of aryl methyl sites for hydroxylation is 2. The van der Waals surface area contributed by atoms with Gasteiger partial charge in [0.05, 0.1) is 30.3 Å². The van der Waals surface area contributed by atoms with E-state index in [1.807, 2.05) is 37.1 Å². The highest BCUT2D eigenvalue weighted by molar-refractivity contribution is 7.13. The molecule has 21 heavy (non-hydrogen) atoms. The van der Waals surface area contributed by atoms with E-state index in [9.17, 15) is 4.79 Å². The Balaban J connectivity index is 1.54. The summed E-state index contributed by atoms with van der Waals surface area (Å²) in [6, 6.07) is 3.87. The van der Waals surface area contributed by atoms with Gasteiger partial charge >= 0.3 is 0 Å². The van der Waals surface area contributed by atoms with Crippen molar-refractivity contribution in [3.63, 3.8) is 0 Å². The van der Waals surface area contributed by atoms with Crippen molar-refractivity contribution in [1.29, 1.82) is 0 Å². The van der Waals surface area contributed by atoms with Crippen LogP contribution in [-0.2, 0) is 16.9 Å². The second-order valence-corrected chi connectivity index (χ2v) is 6.92. The van der Waals surface area contributed by atoms with Crippen LogP contribution in [0, 0.1) is 13.8 Å². The van der Waals surface area contributed by atoms with E-state index in [0.717, 1.165) is 26.8 Å². The Labute approximate surface area is 126 Å². The molecule has 1 saturated heterocycles. The molecule has 2 aromatic rings. The zero-order valence-corrected chi connectivity index (χ0v) is 12.7. The fourth-order valence-electron chi connectivity index (χ4n) is 2.97. The Bertz CT molecular complexity index is 734. The number of carbonyl (C=O) groups excluding carboxylic acids is 1. The Kier molecular flexibility index (Phi) is 2.68. The lowest BCUT2D eigenvalue weighted by Crippen LogP contribution is -2.61. The van der Waals surface area contributed by atoms with Crippen molar-refractivity contribution in [2.24, 2.45) is 0 Å². The number of fused-ring (bicyclic) bond motifs is 2. The van der Waals surface area contributed by atoms with Crippen molar-refractivity contribution in [2.45, 2.75) is 26.1 Å². The van der Waals surface area contributed by atoms with Crippen molar-refractivity contribution >= 4 is 17.2 Å². The predicted molar refractivity (Wildman–Crippen MR) is 78.2 cm³/mol. The maximum atomic E-state index is 12.4. The monoisotopic (exact) mass is 301 g/mol. The maximum Gasteiger partial charge on any atom is 0.264 e. The van der Waals surface area contributed by atoms with E-state index in [4.69, 9.17) is 4.74 Å². The smallest absolute Gasteiger partial charge is 0.264 e. The maximum absolute atomic E-state index is 12.4. The van der Waals surface area contributed by atoms with E-state index in [1.165, 1.54) is 11.3 Å². The molecule has 0 aliphatic carbocycles. The number of carbonyl (C=O) groups is 1. The van der Waals surface area contributed by atoms with Crippen LogP contribution in [0.2, 0.25) is 0 Å². The van der Waals surface area contributed by atoms with Crippen LogP contribution in [0.15, 0.2) is 18.3 Å². The van der Waals surface area contributed by atoms with Gasteiger partial charge in [0.1, 0.15) is 11.4 Å². The van der Waals surface area contributed by atoms with Crippen molar-refractivity contribution in [1.82, 2.24) is 14.9 Å². The molecule has 2 aliphatic rings. The van der Waals surface area contributed by atoms with Crippen LogP contribution in [0.5, 0.6) is 0 Å². The second kappa shape index (κ2) is 4.35. The molecule has 2 aromatic heterocycles. The summed E-state index contributed by atoms with van der Waals surface area (Å²) in [4.78, 5) is 24.9. The Morgan fingerprint density at radius 3 is 2.90 bits per heavy atom. The minimum absolute atomic E-state index is 0.0869. The molecule has 4 heterocycles. The van der Waals surface area contributed by atoms with Gasteiger partial charge in [0, 0.05) is 16.6 Å². The Morgan fingerprint density at radius 1 is 1.38 bits per heavy atom. The highest BCUT2D eigenvalue weighted by Crippen LogP contribution is 2.43. The fourth-order valence-corrected chi connectivity index (χ4v) is 3.81. The molecular formula is C15H15N3O2S. The lowest BCUT2D eigenvalue weighted by molar-refractivity contribution is -0.126. The second-order valence-electron chi connectivity index (χ2n) is 5.63. The number of nitrogens with zero attached hydrogens (tertiary/aromatic N) is 3. The molecule has 0 radical (unpaired) electrons. The van der Waals surface area contributed by atoms with Gasteiger partial charge in [-0.3, -0.25) is 4.79 Å². The largest absolute Gasteiger partial charge is 0.360 e.